The van der Waals surface area contributed by atoms with E-state index in [1.807, 2.05) is 0 Å². The Bertz CT molecular complexity index is 1350. The van der Waals surface area contributed by atoms with E-state index in [-0.39, 0.29) is 22.7 Å². The number of imide groups is 1. The summed E-state index contributed by atoms with van der Waals surface area (Å²) in [6.07, 6.45) is -1.19. The number of nitrogens with zero attached hydrogens (tertiary/aromatic N) is 3. The third-order valence-corrected chi connectivity index (χ3v) is 6.51. The number of fused-ring (bicyclic) bond motifs is 1. The molecule has 184 valence electrons. The minimum absolute atomic E-state index is 0.146. The lowest BCUT2D eigenvalue weighted by molar-refractivity contribution is -0.385. The van der Waals surface area contributed by atoms with E-state index in [4.69, 9.17) is 25.9 Å². The van der Waals surface area contributed by atoms with Crippen molar-refractivity contribution in [2.45, 2.75) is 12.1 Å². The van der Waals surface area contributed by atoms with Crippen LogP contribution in [-0.4, -0.2) is 37.1 Å². The number of carbonyl (C=O) groups excluding carboxylic acids is 2. The molecule has 0 radical (unpaired) electrons. The molecule has 11 heteroatoms. The van der Waals surface area contributed by atoms with Gasteiger partial charge in [0.15, 0.2) is 17.6 Å². The average molecular weight is 510 g/mol. The van der Waals surface area contributed by atoms with Crippen molar-refractivity contribution in [3.8, 4) is 11.5 Å². The van der Waals surface area contributed by atoms with Crippen molar-refractivity contribution in [3.05, 3.63) is 87.4 Å². The van der Waals surface area contributed by atoms with Crippen LogP contribution in [0.25, 0.3) is 0 Å². The number of halogens is 1. The van der Waals surface area contributed by atoms with Crippen molar-refractivity contribution >= 4 is 40.5 Å². The summed E-state index contributed by atoms with van der Waals surface area (Å²) < 4.78 is 10.6. The van der Waals surface area contributed by atoms with Crippen molar-refractivity contribution in [2.75, 3.05) is 24.2 Å². The molecule has 0 N–H and O–H groups in total. The molecule has 0 bridgehead atoms. The van der Waals surface area contributed by atoms with Gasteiger partial charge in [-0.2, -0.15) is 0 Å². The van der Waals surface area contributed by atoms with Crippen molar-refractivity contribution < 1.29 is 28.8 Å². The summed E-state index contributed by atoms with van der Waals surface area (Å²) in [6, 6.07) is 16.7. The number of ether oxygens (including phenoxy) is 2. The zero-order valence-corrected chi connectivity index (χ0v) is 19.9. The summed E-state index contributed by atoms with van der Waals surface area (Å²) in [7, 11) is 2.78. The molecule has 0 unspecified atom stereocenters. The number of nitro groups is 1. The first-order valence-corrected chi connectivity index (χ1v) is 11.3. The number of amides is 2. The quantitative estimate of drug-likeness (QED) is 0.274. The Balaban J connectivity index is 1.68. The predicted octanol–water partition coefficient (Wildman–Crippen LogP) is 4.32. The smallest absolute Gasteiger partial charge is 0.278 e. The Morgan fingerprint density at radius 3 is 2.17 bits per heavy atom. The largest absolute Gasteiger partial charge is 0.493 e. The van der Waals surface area contributed by atoms with E-state index in [2.05, 4.69) is 0 Å². The molecule has 10 nitrogen and oxygen atoms in total. The second kappa shape index (κ2) is 9.14. The monoisotopic (exact) mass is 509 g/mol. The number of benzene rings is 3. The molecule has 2 aliphatic heterocycles. The van der Waals surface area contributed by atoms with Crippen LogP contribution in [0.1, 0.15) is 11.6 Å². The molecule has 3 aromatic carbocycles. The van der Waals surface area contributed by atoms with Crippen LogP contribution in [0, 0.1) is 16.0 Å². The number of nitro benzene ring substituents is 1. The molecule has 3 aromatic rings. The molecule has 3 atom stereocenters. The summed E-state index contributed by atoms with van der Waals surface area (Å²) >= 11 is 5.97. The fourth-order valence-corrected chi connectivity index (χ4v) is 4.78. The minimum atomic E-state index is -1.19. The molecule has 2 amide bonds. The van der Waals surface area contributed by atoms with Gasteiger partial charge in [0.25, 0.3) is 11.6 Å². The Labute approximate surface area is 210 Å². The van der Waals surface area contributed by atoms with Crippen LogP contribution >= 0.6 is 11.6 Å². The second-order valence-electron chi connectivity index (χ2n) is 8.17. The summed E-state index contributed by atoms with van der Waals surface area (Å²) in [5.74, 6) is -1.78. The van der Waals surface area contributed by atoms with Gasteiger partial charge in [-0.3, -0.25) is 24.5 Å². The summed E-state index contributed by atoms with van der Waals surface area (Å²) in [5, 5.41) is 14.0. The normalized spacial score (nSPS) is 21.0. The van der Waals surface area contributed by atoms with E-state index in [1.165, 1.54) is 31.4 Å². The molecular weight excluding hydrogens is 490 g/mol. The first-order chi connectivity index (χ1) is 17.3. The van der Waals surface area contributed by atoms with Crippen LogP contribution in [0.2, 0.25) is 5.02 Å². The first-order valence-electron chi connectivity index (χ1n) is 10.9. The molecule has 0 aromatic heterocycles. The molecule has 2 aliphatic rings. The van der Waals surface area contributed by atoms with Crippen LogP contribution in [0.15, 0.2) is 66.7 Å². The third kappa shape index (κ3) is 3.71. The van der Waals surface area contributed by atoms with Crippen LogP contribution in [0.5, 0.6) is 11.5 Å². The van der Waals surface area contributed by atoms with Crippen LogP contribution in [0.3, 0.4) is 0 Å². The number of para-hydroxylation sites is 1. The number of anilines is 2. The van der Waals surface area contributed by atoms with Gasteiger partial charge in [-0.1, -0.05) is 29.8 Å². The van der Waals surface area contributed by atoms with Gasteiger partial charge in [0.1, 0.15) is 12.0 Å². The highest BCUT2D eigenvalue weighted by Gasteiger charge is 2.61. The predicted molar refractivity (Wildman–Crippen MR) is 130 cm³/mol. The minimum Gasteiger partial charge on any atom is -0.493 e. The van der Waals surface area contributed by atoms with E-state index < -0.39 is 34.8 Å². The van der Waals surface area contributed by atoms with Gasteiger partial charge in [-0.25, -0.2) is 9.96 Å². The highest BCUT2D eigenvalue weighted by molar-refractivity contribution is 6.31. The van der Waals surface area contributed by atoms with Gasteiger partial charge in [-0.05, 0) is 42.5 Å². The number of methoxy groups -OCH3 is 2. The summed E-state index contributed by atoms with van der Waals surface area (Å²) in [6.45, 7) is 0. The fraction of sp³-hybridized carbons (Fsp3) is 0.200. The molecule has 5 rings (SSSR count). The van der Waals surface area contributed by atoms with Crippen LogP contribution in [0.4, 0.5) is 17.1 Å². The number of hydrogen-bond acceptors (Lipinski definition) is 8. The number of hydroxylamine groups is 1. The maximum Gasteiger partial charge on any atom is 0.278 e. The number of rotatable bonds is 6. The Hall–Kier alpha value is -4.15. The lowest BCUT2D eigenvalue weighted by Crippen LogP contribution is -2.37. The SMILES string of the molecule is COc1cc([C@@H]2[C@H]3C(=O)N(c4ccc(Cl)cc4)C(=O)[C@@H]3ON2c2ccccc2)c([N+](=O)[O-])cc1OC. The lowest BCUT2D eigenvalue weighted by Gasteiger charge is -2.29. The van der Waals surface area contributed by atoms with E-state index in [0.29, 0.717) is 16.4 Å². The van der Waals surface area contributed by atoms with E-state index in [0.717, 1.165) is 4.90 Å². The Morgan fingerprint density at radius 2 is 1.56 bits per heavy atom. The second-order valence-corrected chi connectivity index (χ2v) is 8.61. The maximum atomic E-state index is 13.7. The molecule has 0 spiro atoms. The van der Waals surface area contributed by atoms with Crippen molar-refractivity contribution in [1.82, 2.24) is 0 Å². The zero-order valence-electron chi connectivity index (χ0n) is 19.2. The molecule has 0 saturated carbocycles. The van der Waals surface area contributed by atoms with Gasteiger partial charge in [0.05, 0.1) is 42.1 Å². The standard InChI is InChI=1S/C25H20ClN3O7/c1-34-19-12-17(18(29(32)33)13-20(19)35-2)22-21-23(36-28(22)16-6-4-3-5-7-16)25(31)27(24(21)30)15-10-8-14(26)9-11-15/h3-13,21-23H,1-2H3/t21-,22-,23-/m1/s1. The number of carbonyl (C=O) groups is 2. The highest BCUT2D eigenvalue weighted by atomic mass is 35.5. The van der Waals surface area contributed by atoms with Gasteiger partial charge in [-0.15, -0.1) is 0 Å². The van der Waals surface area contributed by atoms with Crippen molar-refractivity contribution in [3.63, 3.8) is 0 Å². The maximum absolute atomic E-state index is 13.7. The molecule has 2 saturated heterocycles. The van der Waals surface area contributed by atoms with Gasteiger partial charge in [0.2, 0.25) is 5.91 Å². The molecular formula is C25H20ClN3O7. The lowest BCUT2D eigenvalue weighted by atomic mass is 9.89. The van der Waals surface area contributed by atoms with Gasteiger partial charge in [0, 0.05) is 5.02 Å². The third-order valence-electron chi connectivity index (χ3n) is 6.26. The average Bonchev–Trinajstić information content (AvgIpc) is 3.40. The zero-order chi connectivity index (χ0) is 25.6. The van der Waals surface area contributed by atoms with Gasteiger partial charge >= 0.3 is 0 Å². The van der Waals surface area contributed by atoms with E-state index in [1.54, 1.807) is 54.6 Å². The Kier molecular flexibility index (Phi) is 5.99. The molecule has 36 heavy (non-hydrogen) atoms. The summed E-state index contributed by atoms with van der Waals surface area (Å²) in [5.41, 5.74) is 0.708. The molecule has 2 fully saturated rings. The number of hydrogen-bond donors (Lipinski definition) is 0. The molecule has 0 aliphatic carbocycles. The topological polar surface area (TPSA) is 111 Å². The highest BCUT2D eigenvalue weighted by Crippen LogP contribution is 2.51. The fourth-order valence-electron chi connectivity index (χ4n) is 4.65. The van der Waals surface area contributed by atoms with Gasteiger partial charge < -0.3 is 9.47 Å². The molecule has 2 heterocycles. The van der Waals surface area contributed by atoms with Crippen molar-refractivity contribution in [1.29, 1.82) is 0 Å². The first kappa shape index (κ1) is 23.6. The Morgan fingerprint density at radius 1 is 0.917 bits per heavy atom. The van der Waals surface area contributed by atoms with Crippen LogP contribution in [-0.2, 0) is 14.4 Å². The van der Waals surface area contributed by atoms with E-state index in [9.17, 15) is 19.7 Å². The summed E-state index contributed by atoms with van der Waals surface area (Å²) in [4.78, 5) is 45.8. The van der Waals surface area contributed by atoms with E-state index >= 15 is 0 Å². The van der Waals surface area contributed by atoms with Crippen LogP contribution < -0.4 is 19.4 Å². The van der Waals surface area contributed by atoms with Crippen molar-refractivity contribution in [2.24, 2.45) is 5.92 Å².